The van der Waals surface area contributed by atoms with Crippen LogP contribution in [0, 0.1) is 0 Å². The van der Waals surface area contributed by atoms with E-state index >= 15 is 0 Å². The van der Waals surface area contributed by atoms with Gasteiger partial charge in [0.05, 0.1) is 29.4 Å². The zero-order valence-electron chi connectivity index (χ0n) is 15.8. The summed E-state index contributed by atoms with van der Waals surface area (Å²) in [7, 11) is 1.23. The van der Waals surface area contributed by atoms with Gasteiger partial charge < -0.3 is 9.47 Å². The second-order valence-electron chi connectivity index (χ2n) is 5.97. The smallest absolute Gasteiger partial charge is 0.416 e. The largest absolute Gasteiger partial charge is 0.493 e. The molecular formula is C19H14F3N3O5S. The molecule has 12 heteroatoms. The summed E-state index contributed by atoms with van der Waals surface area (Å²) in [5.41, 5.74) is -1.21. The van der Waals surface area contributed by atoms with Crippen molar-refractivity contribution in [1.29, 1.82) is 0 Å². The Hall–Kier alpha value is -3.67. The van der Waals surface area contributed by atoms with Crippen LogP contribution in [0.2, 0.25) is 0 Å². The highest BCUT2D eigenvalue weighted by atomic mass is 32.1. The van der Waals surface area contributed by atoms with Gasteiger partial charge in [-0.2, -0.15) is 18.3 Å². The molecule has 2 aromatic heterocycles. The number of nitrogens with one attached hydrogen (secondary N) is 1. The maximum absolute atomic E-state index is 12.9. The highest BCUT2D eigenvalue weighted by Gasteiger charge is 2.31. The van der Waals surface area contributed by atoms with Crippen molar-refractivity contribution in [1.82, 2.24) is 15.1 Å². The molecule has 2 heterocycles. The number of aromatic nitrogens is 2. The predicted molar refractivity (Wildman–Crippen MR) is 102 cm³/mol. The van der Waals surface area contributed by atoms with E-state index in [1.807, 2.05) is 0 Å². The molecular weight excluding hydrogens is 439 g/mol. The van der Waals surface area contributed by atoms with Crippen molar-refractivity contribution in [2.75, 3.05) is 13.7 Å². The molecule has 0 aliphatic carbocycles. The number of hydrogen-bond acceptors (Lipinski definition) is 7. The van der Waals surface area contributed by atoms with E-state index in [2.05, 4.69) is 10.4 Å². The van der Waals surface area contributed by atoms with Gasteiger partial charge in [0, 0.05) is 0 Å². The molecule has 8 nitrogen and oxygen atoms in total. The number of hydrogen-bond donors (Lipinski definition) is 1. The molecule has 0 saturated carbocycles. The summed E-state index contributed by atoms with van der Waals surface area (Å²) >= 11 is 1.13. The fraction of sp³-hybridized carbons (Fsp3) is 0.158. The van der Waals surface area contributed by atoms with Crippen LogP contribution in [0.4, 0.5) is 13.2 Å². The molecule has 162 valence electrons. The lowest BCUT2D eigenvalue weighted by Gasteiger charge is -2.08. The van der Waals surface area contributed by atoms with Gasteiger partial charge in [-0.25, -0.2) is 9.48 Å². The highest BCUT2D eigenvalue weighted by molar-refractivity contribution is 7.12. The molecule has 0 fully saturated rings. The van der Waals surface area contributed by atoms with E-state index < -0.39 is 36.1 Å². The van der Waals surface area contributed by atoms with Crippen LogP contribution in [0.5, 0.6) is 5.75 Å². The predicted octanol–water partition coefficient (Wildman–Crippen LogP) is 3.07. The Labute approximate surface area is 177 Å². The molecule has 0 bridgehead atoms. The molecule has 3 rings (SSSR count). The van der Waals surface area contributed by atoms with Crippen LogP contribution in [0.3, 0.4) is 0 Å². The molecule has 0 aliphatic rings. The molecule has 0 unspecified atom stereocenters. The Bertz CT molecular complexity index is 1110. The minimum absolute atomic E-state index is 0.0338. The lowest BCUT2D eigenvalue weighted by Crippen LogP contribution is -2.33. The van der Waals surface area contributed by atoms with Crippen molar-refractivity contribution in [2.45, 2.75) is 6.18 Å². The van der Waals surface area contributed by atoms with Crippen molar-refractivity contribution >= 4 is 29.1 Å². The van der Waals surface area contributed by atoms with Crippen LogP contribution in [-0.4, -0.2) is 41.3 Å². The van der Waals surface area contributed by atoms with E-state index in [0.717, 1.165) is 28.2 Å². The van der Waals surface area contributed by atoms with Gasteiger partial charge >= 0.3 is 12.1 Å². The number of carbonyl (C=O) groups is 3. The molecule has 0 atom stereocenters. The van der Waals surface area contributed by atoms with Gasteiger partial charge in [0.25, 0.3) is 11.8 Å². The number of benzene rings is 1. The Kier molecular flexibility index (Phi) is 6.39. The van der Waals surface area contributed by atoms with Gasteiger partial charge in [-0.3, -0.25) is 14.9 Å². The number of amides is 2. The van der Waals surface area contributed by atoms with E-state index in [4.69, 9.17) is 9.47 Å². The number of imide groups is 1. The van der Waals surface area contributed by atoms with Crippen LogP contribution in [-0.2, 0) is 15.7 Å². The van der Waals surface area contributed by atoms with Gasteiger partial charge in [-0.05, 0) is 29.6 Å². The SMILES string of the molecule is COc1cn(-c2cccc(C(F)(F)F)c2)nc1C(=O)OCC(=O)NC(=O)c1cccs1. The zero-order chi connectivity index (χ0) is 22.6. The summed E-state index contributed by atoms with van der Waals surface area (Å²) in [5, 5.41) is 7.63. The maximum atomic E-state index is 12.9. The standard InChI is InChI=1S/C19H14F3N3O5S/c1-29-13-9-25(12-5-2-4-11(8-12)19(20,21)22)24-16(13)18(28)30-10-15(26)23-17(27)14-6-3-7-31-14/h2-9H,10H2,1H3,(H,23,26,27). The van der Waals surface area contributed by atoms with Crippen molar-refractivity contribution in [3.63, 3.8) is 0 Å². The summed E-state index contributed by atoms with van der Waals surface area (Å²) in [4.78, 5) is 36.2. The molecule has 2 amide bonds. The molecule has 1 N–H and O–H groups in total. The quantitative estimate of drug-likeness (QED) is 0.576. The summed E-state index contributed by atoms with van der Waals surface area (Å²) in [5.74, 6) is -2.62. The normalized spacial score (nSPS) is 11.1. The zero-order valence-corrected chi connectivity index (χ0v) is 16.6. The van der Waals surface area contributed by atoms with E-state index in [1.165, 1.54) is 31.5 Å². The molecule has 0 saturated heterocycles. The van der Waals surface area contributed by atoms with Gasteiger partial charge in [0.1, 0.15) is 0 Å². The number of ether oxygens (including phenoxy) is 2. The number of alkyl halides is 3. The third-order valence-corrected chi connectivity index (χ3v) is 4.73. The molecule has 31 heavy (non-hydrogen) atoms. The Morgan fingerprint density at radius 2 is 1.97 bits per heavy atom. The van der Waals surface area contributed by atoms with Gasteiger partial charge in [-0.15, -0.1) is 11.3 Å². The van der Waals surface area contributed by atoms with E-state index in [1.54, 1.807) is 11.4 Å². The average Bonchev–Trinajstić information content (AvgIpc) is 3.41. The first-order valence-electron chi connectivity index (χ1n) is 8.55. The van der Waals surface area contributed by atoms with Crippen LogP contribution in [0.25, 0.3) is 5.69 Å². The third-order valence-electron chi connectivity index (χ3n) is 3.86. The Balaban J connectivity index is 1.70. The number of thiophene rings is 1. The van der Waals surface area contributed by atoms with Crippen molar-refractivity contribution in [2.24, 2.45) is 0 Å². The molecule has 0 aliphatic heterocycles. The summed E-state index contributed by atoms with van der Waals surface area (Å²) < 4.78 is 49.7. The minimum atomic E-state index is -4.55. The molecule has 3 aromatic rings. The van der Waals surface area contributed by atoms with E-state index in [0.29, 0.717) is 4.88 Å². The number of methoxy groups -OCH3 is 1. The van der Waals surface area contributed by atoms with Crippen LogP contribution < -0.4 is 10.1 Å². The average molecular weight is 453 g/mol. The molecule has 1 aromatic carbocycles. The third kappa shape index (κ3) is 5.28. The van der Waals surface area contributed by atoms with E-state index in [9.17, 15) is 27.6 Å². The Morgan fingerprint density at radius 3 is 2.61 bits per heavy atom. The van der Waals surface area contributed by atoms with Gasteiger partial charge in [-0.1, -0.05) is 12.1 Å². The van der Waals surface area contributed by atoms with E-state index in [-0.39, 0.29) is 17.1 Å². The maximum Gasteiger partial charge on any atom is 0.416 e. The van der Waals surface area contributed by atoms with Gasteiger partial charge in [0.2, 0.25) is 5.69 Å². The fourth-order valence-electron chi connectivity index (χ4n) is 2.44. The summed E-state index contributed by atoms with van der Waals surface area (Å²) in [6, 6.07) is 7.46. The molecule has 0 spiro atoms. The number of halogens is 3. The highest BCUT2D eigenvalue weighted by Crippen LogP contribution is 2.30. The molecule has 0 radical (unpaired) electrons. The van der Waals surface area contributed by atoms with Gasteiger partial charge in [0.15, 0.2) is 12.4 Å². The van der Waals surface area contributed by atoms with Crippen LogP contribution >= 0.6 is 11.3 Å². The number of carbonyl (C=O) groups excluding carboxylic acids is 3. The van der Waals surface area contributed by atoms with Crippen molar-refractivity contribution in [3.8, 4) is 11.4 Å². The number of esters is 1. The lowest BCUT2D eigenvalue weighted by molar-refractivity contribution is -0.137. The summed E-state index contributed by atoms with van der Waals surface area (Å²) in [6.07, 6.45) is -3.35. The lowest BCUT2D eigenvalue weighted by atomic mass is 10.2. The van der Waals surface area contributed by atoms with Crippen LogP contribution in [0.1, 0.15) is 25.7 Å². The van der Waals surface area contributed by atoms with Crippen molar-refractivity contribution < 1.29 is 37.0 Å². The van der Waals surface area contributed by atoms with Crippen LogP contribution in [0.15, 0.2) is 48.0 Å². The topological polar surface area (TPSA) is 99.5 Å². The number of rotatable bonds is 6. The Morgan fingerprint density at radius 1 is 1.19 bits per heavy atom. The minimum Gasteiger partial charge on any atom is -0.493 e. The van der Waals surface area contributed by atoms with Crippen molar-refractivity contribution in [3.05, 3.63) is 64.1 Å². The summed E-state index contributed by atoms with van der Waals surface area (Å²) in [6.45, 7) is -0.768. The monoisotopic (exact) mass is 453 g/mol. The first kappa shape index (κ1) is 22.0. The number of nitrogens with zero attached hydrogens (tertiary/aromatic N) is 2. The second kappa shape index (κ2) is 9.00. The second-order valence-corrected chi connectivity index (χ2v) is 6.92. The first-order valence-corrected chi connectivity index (χ1v) is 9.43. The fourth-order valence-corrected chi connectivity index (χ4v) is 3.06. The first-order chi connectivity index (χ1) is 14.7.